The van der Waals surface area contributed by atoms with Crippen molar-refractivity contribution in [2.75, 3.05) is 11.9 Å². The topological polar surface area (TPSA) is 80.2 Å². The van der Waals surface area contributed by atoms with Crippen LogP contribution >= 0.6 is 0 Å². The number of alkyl halides is 3. The van der Waals surface area contributed by atoms with Crippen LogP contribution in [0.4, 0.5) is 23.2 Å². The minimum absolute atomic E-state index is 0.0774. The van der Waals surface area contributed by atoms with Gasteiger partial charge in [-0.05, 0) is 35.9 Å². The molecule has 1 heterocycles. The van der Waals surface area contributed by atoms with Crippen LogP contribution < -0.4 is 16.2 Å². The second-order valence-electron chi connectivity index (χ2n) is 7.10. The monoisotopic (exact) mass is 449 g/mol. The quantitative estimate of drug-likeness (QED) is 0.566. The Balaban J connectivity index is 1.78. The summed E-state index contributed by atoms with van der Waals surface area (Å²) in [5.74, 6) is -2.24. The first-order chi connectivity index (χ1) is 15.1. The molecule has 2 aromatic carbocycles. The van der Waals surface area contributed by atoms with Gasteiger partial charge in [0, 0.05) is 42.7 Å². The molecule has 0 saturated heterocycles. The third kappa shape index (κ3) is 5.32. The Morgan fingerprint density at radius 3 is 2.47 bits per heavy atom. The fourth-order valence-corrected chi connectivity index (χ4v) is 3.23. The molecule has 0 radical (unpaired) electrons. The predicted molar refractivity (Wildman–Crippen MR) is 111 cm³/mol. The SMILES string of the molecule is CC(=O)NCCn1ccc2c(NC(=O)Cc3ccc(C(F)(F)F)c(F)c3)cccc2c1=O. The largest absolute Gasteiger partial charge is 0.419 e. The molecule has 0 aliphatic rings. The molecule has 10 heteroatoms. The van der Waals surface area contributed by atoms with Crippen LogP contribution in [0.15, 0.2) is 53.5 Å². The van der Waals surface area contributed by atoms with Gasteiger partial charge in [-0.15, -0.1) is 0 Å². The van der Waals surface area contributed by atoms with E-state index >= 15 is 0 Å². The molecular formula is C22H19F4N3O3. The van der Waals surface area contributed by atoms with Crippen LogP contribution in [0.3, 0.4) is 0 Å². The average molecular weight is 449 g/mol. The van der Waals surface area contributed by atoms with E-state index in [1.807, 2.05) is 0 Å². The minimum Gasteiger partial charge on any atom is -0.355 e. The van der Waals surface area contributed by atoms with Crippen molar-refractivity contribution in [3.8, 4) is 0 Å². The predicted octanol–water partition coefficient (Wildman–Crippen LogP) is 3.48. The molecule has 6 nitrogen and oxygen atoms in total. The highest BCUT2D eigenvalue weighted by Crippen LogP contribution is 2.31. The maximum absolute atomic E-state index is 13.7. The summed E-state index contributed by atoms with van der Waals surface area (Å²) < 4.78 is 53.2. The number of anilines is 1. The van der Waals surface area contributed by atoms with E-state index in [1.54, 1.807) is 24.3 Å². The van der Waals surface area contributed by atoms with Gasteiger partial charge in [0.2, 0.25) is 11.8 Å². The fraction of sp³-hybridized carbons (Fsp3) is 0.227. The average Bonchev–Trinajstić information content (AvgIpc) is 2.69. The molecule has 32 heavy (non-hydrogen) atoms. The molecule has 0 spiro atoms. The Hall–Kier alpha value is -3.69. The number of nitrogens with zero attached hydrogens (tertiary/aromatic N) is 1. The molecule has 0 aliphatic heterocycles. The normalized spacial score (nSPS) is 11.4. The van der Waals surface area contributed by atoms with Gasteiger partial charge in [-0.2, -0.15) is 13.2 Å². The van der Waals surface area contributed by atoms with Crippen molar-refractivity contribution in [1.29, 1.82) is 0 Å². The van der Waals surface area contributed by atoms with Gasteiger partial charge in [0.1, 0.15) is 5.82 Å². The standard InChI is InChI=1S/C22H19F4N3O3/c1-13(30)27-8-10-29-9-7-15-16(21(29)32)3-2-4-19(15)28-20(31)12-14-5-6-17(18(23)11-14)22(24,25)26/h2-7,9,11H,8,10,12H2,1H3,(H,27,30)(H,28,31). The Morgan fingerprint density at radius 1 is 1.06 bits per heavy atom. The summed E-state index contributed by atoms with van der Waals surface area (Å²) in [4.78, 5) is 36.1. The number of hydrogen-bond donors (Lipinski definition) is 2. The highest BCUT2D eigenvalue weighted by molar-refractivity contribution is 6.02. The van der Waals surface area contributed by atoms with Crippen LogP contribution in [-0.4, -0.2) is 22.9 Å². The Bertz CT molecular complexity index is 1240. The van der Waals surface area contributed by atoms with Crippen LogP contribution in [0.2, 0.25) is 0 Å². The molecule has 168 valence electrons. The Morgan fingerprint density at radius 2 is 1.81 bits per heavy atom. The third-order valence-corrected chi connectivity index (χ3v) is 4.72. The molecule has 2 amide bonds. The van der Waals surface area contributed by atoms with Crippen molar-refractivity contribution >= 4 is 28.3 Å². The van der Waals surface area contributed by atoms with Crippen molar-refractivity contribution in [2.45, 2.75) is 26.1 Å². The zero-order chi connectivity index (χ0) is 23.5. The van der Waals surface area contributed by atoms with Crippen LogP contribution in [0, 0.1) is 5.82 Å². The number of carbonyl (C=O) groups excluding carboxylic acids is 2. The van der Waals surface area contributed by atoms with Gasteiger partial charge >= 0.3 is 6.18 Å². The number of nitrogens with one attached hydrogen (secondary N) is 2. The van der Waals surface area contributed by atoms with Gasteiger partial charge < -0.3 is 15.2 Å². The number of aromatic nitrogens is 1. The lowest BCUT2D eigenvalue weighted by Crippen LogP contribution is -2.29. The van der Waals surface area contributed by atoms with E-state index in [9.17, 15) is 31.9 Å². The van der Waals surface area contributed by atoms with Gasteiger partial charge in [0.05, 0.1) is 12.0 Å². The van der Waals surface area contributed by atoms with E-state index < -0.39 is 23.5 Å². The van der Waals surface area contributed by atoms with Crippen LogP contribution in [0.25, 0.3) is 10.8 Å². The van der Waals surface area contributed by atoms with Crippen molar-refractivity contribution < 1.29 is 27.2 Å². The van der Waals surface area contributed by atoms with Crippen molar-refractivity contribution in [3.63, 3.8) is 0 Å². The highest BCUT2D eigenvalue weighted by Gasteiger charge is 2.33. The number of carbonyl (C=O) groups is 2. The number of benzene rings is 2. The van der Waals surface area contributed by atoms with Gasteiger partial charge in [0.25, 0.3) is 5.56 Å². The maximum Gasteiger partial charge on any atom is 0.419 e. The van der Waals surface area contributed by atoms with Crippen molar-refractivity contribution in [1.82, 2.24) is 9.88 Å². The highest BCUT2D eigenvalue weighted by atomic mass is 19.4. The number of amides is 2. The maximum atomic E-state index is 13.7. The Labute approximate surface area is 179 Å². The van der Waals surface area contributed by atoms with Crippen LogP contribution in [0.1, 0.15) is 18.1 Å². The molecule has 0 aliphatic carbocycles. The number of halogens is 4. The molecule has 0 unspecified atom stereocenters. The van der Waals surface area contributed by atoms with E-state index in [0.717, 1.165) is 6.07 Å². The summed E-state index contributed by atoms with van der Waals surface area (Å²) in [5.41, 5.74) is -1.29. The molecule has 0 saturated carbocycles. The third-order valence-electron chi connectivity index (χ3n) is 4.72. The summed E-state index contributed by atoms with van der Waals surface area (Å²) in [6.45, 7) is 1.92. The smallest absolute Gasteiger partial charge is 0.355 e. The van der Waals surface area contributed by atoms with E-state index in [2.05, 4.69) is 10.6 Å². The number of pyridine rings is 1. The lowest BCUT2D eigenvalue weighted by molar-refractivity contribution is -0.140. The summed E-state index contributed by atoms with van der Waals surface area (Å²) in [7, 11) is 0. The zero-order valence-electron chi connectivity index (χ0n) is 16.9. The first-order valence-electron chi connectivity index (χ1n) is 9.58. The molecule has 3 rings (SSSR count). The molecular weight excluding hydrogens is 430 g/mol. The van der Waals surface area contributed by atoms with Gasteiger partial charge in [0.15, 0.2) is 0 Å². The second-order valence-corrected chi connectivity index (χ2v) is 7.10. The Kier molecular flexibility index (Phi) is 6.61. The number of fused-ring (bicyclic) bond motifs is 1. The van der Waals surface area contributed by atoms with E-state index in [1.165, 1.54) is 17.7 Å². The minimum atomic E-state index is -4.82. The van der Waals surface area contributed by atoms with Gasteiger partial charge in [-0.1, -0.05) is 12.1 Å². The molecule has 3 aromatic rings. The first-order valence-corrected chi connectivity index (χ1v) is 9.58. The van der Waals surface area contributed by atoms with Gasteiger partial charge in [-0.3, -0.25) is 14.4 Å². The summed E-state index contributed by atoms with van der Waals surface area (Å²) in [6, 6.07) is 8.70. The first kappa shape index (κ1) is 23.0. The fourth-order valence-electron chi connectivity index (χ4n) is 3.23. The zero-order valence-corrected chi connectivity index (χ0v) is 16.9. The van der Waals surface area contributed by atoms with E-state index in [4.69, 9.17) is 0 Å². The van der Waals surface area contributed by atoms with Crippen molar-refractivity contribution in [3.05, 3.63) is 76.0 Å². The molecule has 0 fully saturated rings. The van der Waals surface area contributed by atoms with E-state index in [0.29, 0.717) is 28.6 Å². The van der Waals surface area contributed by atoms with Crippen LogP contribution in [-0.2, 0) is 28.7 Å². The van der Waals surface area contributed by atoms with Crippen molar-refractivity contribution in [2.24, 2.45) is 0 Å². The molecule has 1 aromatic heterocycles. The lowest BCUT2D eigenvalue weighted by atomic mass is 10.1. The lowest BCUT2D eigenvalue weighted by Gasteiger charge is -2.12. The summed E-state index contributed by atoms with van der Waals surface area (Å²) in [6.07, 6.45) is -3.63. The van der Waals surface area contributed by atoms with Gasteiger partial charge in [-0.25, -0.2) is 4.39 Å². The number of rotatable bonds is 6. The summed E-state index contributed by atoms with van der Waals surface area (Å²) in [5, 5.41) is 6.03. The summed E-state index contributed by atoms with van der Waals surface area (Å²) >= 11 is 0. The molecule has 2 N–H and O–H groups in total. The number of hydrogen-bond acceptors (Lipinski definition) is 3. The second kappa shape index (κ2) is 9.21. The molecule has 0 bridgehead atoms. The van der Waals surface area contributed by atoms with E-state index in [-0.39, 0.29) is 36.5 Å². The molecule has 0 atom stereocenters. The van der Waals surface area contributed by atoms with Crippen LogP contribution in [0.5, 0.6) is 0 Å².